The first-order valence-corrected chi connectivity index (χ1v) is 6.15. The molecule has 1 aliphatic heterocycles. The first-order chi connectivity index (χ1) is 7.27. The van der Waals surface area contributed by atoms with Crippen LogP contribution in [0.2, 0.25) is 0 Å². The van der Waals surface area contributed by atoms with Gasteiger partial charge in [0.15, 0.2) is 0 Å². The van der Waals surface area contributed by atoms with Crippen LogP contribution in [0.3, 0.4) is 0 Å². The van der Waals surface area contributed by atoms with Crippen molar-refractivity contribution in [3.8, 4) is 0 Å². The average molecular weight is 271 g/mol. The molecule has 0 unspecified atom stereocenters. The van der Waals surface area contributed by atoms with Crippen LogP contribution in [0.15, 0.2) is 22.9 Å². The van der Waals surface area contributed by atoms with E-state index in [2.05, 4.69) is 15.9 Å². The van der Waals surface area contributed by atoms with Crippen molar-refractivity contribution < 1.29 is 4.79 Å². The number of hydrogen-bond donors (Lipinski definition) is 0. The predicted molar refractivity (Wildman–Crippen MR) is 62.6 cm³/mol. The number of likely N-dealkylation sites (tertiary alicyclic amines) is 1. The molecule has 0 aromatic carbocycles. The zero-order valence-electron chi connectivity index (χ0n) is 8.66. The highest BCUT2D eigenvalue weighted by molar-refractivity contribution is 9.10. The number of aromatic nitrogens is 1. The van der Waals surface area contributed by atoms with Crippen LogP contribution in [0.1, 0.15) is 19.3 Å². The van der Waals surface area contributed by atoms with Crippen molar-refractivity contribution in [3.63, 3.8) is 0 Å². The number of piperidine rings is 1. The summed E-state index contributed by atoms with van der Waals surface area (Å²) in [5.74, 6) is 0.228. The highest BCUT2D eigenvalue weighted by Gasteiger charge is 2.16. The average Bonchev–Trinajstić information content (AvgIpc) is 2.66. The van der Waals surface area contributed by atoms with E-state index in [1.165, 1.54) is 6.42 Å². The first-order valence-electron chi connectivity index (χ1n) is 5.36. The van der Waals surface area contributed by atoms with Gasteiger partial charge in [-0.3, -0.25) is 4.79 Å². The van der Waals surface area contributed by atoms with Gasteiger partial charge in [-0.15, -0.1) is 0 Å². The molecule has 0 spiro atoms. The number of carbonyl (C=O) groups is 1. The molecular weight excluding hydrogens is 256 g/mol. The Bertz CT molecular complexity index is 342. The maximum atomic E-state index is 11.9. The van der Waals surface area contributed by atoms with E-state index in [4.69, 9.17) is 0 Å². The van der Waals surface area contributed by atoms with E-state index in [9.17, 15) is 4.79 Å². The lowest BCUT2D eigenvalue weighted by Gasteiger charge is -2.27. The van der Waals surface area contributed by atoms with Crippen molar-refractivity contribution in [2.24, 2.45) is 0 Å². The molecular formula is C11H15BrN2O. The van der Waals surface area contributed by atoms with Crippen LogP contribution in [-0.2, 0) is 11.3 Å². The summed E-state index contributed by atoms with van der Waals surface area (Å²) in [6, 6.07) is 3.89. The van der Waals surface area contributed by atoms with Crippen molar-refractivity contribution in [2.75, 3.05) is 13.1 Å². The summed E-state index contributed by atoms with van der Waals surface area (Å²) in [6.45, 7) is 2.31. The molecule has 1 fully saturated rings. The van der Waals surface area contributed by atoms with E-state index in [1.807, 2.05) is 27.8 Å². The molecule has 3 nitrogen and oxygen atoms in total. The van der Waals surface area contributed by atoms with Crippen LogP contribution in [0.5, 0.6) is 0 Å². The van der Waals surface area contributed by atoms with Gasteiger partial charge in [-0.1, -0.05) is 0 Å². The summed E-state index contributed by atoms with van der Waals surface area (Å²) < 4.78 is 2.89. The van der Waals surface area contributed by atoms with Crippen LogP contribution in [-0.4, -0.2) is 28.5 Å². The number of halogens is 1. The fourth-order valence-electron chi connectivity index (χ4n) is 1.91. The van der Waals surface area contributed by atoms with Crippen molar-refractivity contribution in [1.29, 1.82) is 0 Å². The fourth-order valence-corrected chi connectivity index (χ4v) is 2.31. The van der Waals surface area contributed by atoms with Crippen molar-refractivity contribution in [3.05, 3.63) is 22.9 Å². The van der Waals surface area contributed by atoms with Crippen LogP contribution in [0.4, 0.5) is 0 Å². The first kappa shape index (κ1) is 10.7. The summed E-state index contributed by atoms with van der Waals surface area (Å²) in [7, 11) is 0. The van der Waals surface area contributed by atoms with Gasteiger partial charge in [-0.25, -0.2) is 0 Å². The molecule has 1 amide bonds. The second-order valence-electron chi connectivity index (χ2n) is 3.90. The van der Waals surface area contributed by atoms with Gasteiger partial charge in [0.25, 0.3) is 0 Å². The number of rotatable bonds is 2. The Kier molecular flexibility index (Phi) is 3.46. The zero-order valence-corrected chi connectivity index (χ0v) is 10.2. The molecule has 1 aliphatic rings. The summed E-state index contributed by atoms with van der Waals surface area (Å²) in [5.41, 5.74) is 0. The van der Waals surface area contributed by atoms with Gasteiger partial charge in [-0.2, -0.15) is 0 Å². The van der Waals surface area contributed by atoms with Gasteiger partial charge < -0.3 is 9.47 Å². The normalized spacial score (nSPS) is 16.7. The second kappa shape index (κ2) is 4.84. The third kappa shape index (κ3) is 2.62. The van der Waals surface area contributed by atoms with Gasteiger partial charge in [0.05, 0.1) is 4.60 Å². The molecule has 2 heterocycles. The van der Waals surface area contributed by atoms with Gasteiger partial charge in [-0.05, 0) is 47.3 Å². The zero-order chi connectivity index (χ0) is 10.7. The van der Waals surface area contributed by atoms with Crippen LogP contribution < -0.4 is 0 Å². The smallest absolute Gasteiger partial charge is 0.242 e. The van der Waals surface area contributed by atoms with Crippen molar-refractivity contribution in [2.45, 2.75) is 25.8 Å². The molecule has 15 heavy (non-hydrogen) atoms. The Morgan fingerprint density at radius 1 is 1.33 bits per heavy atom. The molecule has 2 rings (SSSR count). The number of hydrogen-bond acceptors (Lipinski definition) is 1. The van der Waals surface area contributed by atoms with Gasteiger partial charge >= 0.3 is 0 Å². The van der Waals surface area contributed by atoms with Gasteiger partial charge in [0.1, 0.15) is 6.54 Å². The third-order valence-corrected chi connectivity index (χ3v) is 3.51. The maximum Gasteiger partial charge on any atom is 0.242 e. The third-order valence-electron chi connectivity index (χ3n) is 2.79. The van der Waals surface area contributed by atoms with Crippen molar-refractivity contribution >= 4 is 21.8 Å². The largest absolute Gasteiger partial charge is 0.341 e. The van der Waals surface area contributed by atoms with E-state index >= 15 is 0 Å². The lowest BCUT2D eigenvalue weighted by molar-refractivity contribution is -0.132. The predicted octanol–water partition coefficient (Wildman–Crippen LogP) is 2.26. The highest BCUT2D eigenvalue weighted by atomic mass is 79.9. The molecule has 4 heteroatoms. The minimum atomic E-state index is 0.228. The van der Waals surface area contributed by atoms with E-state index < -0.39 is 0 Å². The van der Waals surface area contributed by atoms with E-state index in [1.54, 1.807) is 0 Å². The van der Waals surface area contributed by atoms with Gasteiger partial charge in [0, 0.05) is 19.3 Å². The lowest BCUT2D eigenvalue weighted by Crippen LogP contribution is -2.37. The topological polar surface area (TPSA) is 25.2 Å². The minimum Gasteiger partial charge on any atom is -0.341 e. The monoisotopic (exact) mass is 270 g/mol. The Morgan fingerprint density at radius 3 is 2.67 bits per heavy atom. The minimum absolute atomic E-state index is 0.228. The van der Waals surface area contributed by atoms with Crippen LogP contribution >= 0.6 is 15.9 Å². The number of nitrogens with zero attached hydrogens (tertiary/aromatic N) is 2. The molecule has 0 atom stereocenters. The van der Waals surface area contributed by atoms with E-state index in [0.29, 0.717) is 6.54 Å². The Labute approximate surface area is 98.2 Å². The summed E-state index contributed by atoms with van der Waals surface area (Å²) >= 11 is 3.41. The molecule has 1 aromatic rings. The van der Waals surface area contributed by atoms with Crippen LogP contribution in [0, 0.1) is 0 Å². The molecule has 0 aliphatic carbocycles. The molecule has 0 radical (unpaired) electrons. The molecule has 1 aromatic heterocycles. The highest BCUT2D eigenvalue weighted by Crippen LogP contribution is 2.13. The summed E-state index contributed by atoms with van der Waals surface area (Å²) in [4.78, 5) is 13.9. The Hall–Kier alpha value is -0.770. The number of carbonyl (C=O) groups excluding carboxylic acids is 1. The summed E-state index contributed by atoms with van der Waals surface area (Å²) in [5, 5.41) is 0. The molecule has 1 saturated heterocycles. The maximum absolute atomic E-state index is 11.9. The van der Waals surface area contributed by atoms with Gasteiger partial charge in [0.2, 0.25) is 5.91 Å². The standard InChI is InChI=1S/C11H15BrN2O/c12-10-5-4-8-14(10)9-11(15)13-6-2-1-3-7-13/h4-5,8H,1-3,6-7,9H2. The lowest BCUT2D eigenvalue weighted by atomic mass is 10.1. The number of amides is 1. The summed E-state index contributed by atoms with van der Waals surface area (Å²) in [6.07, 6.45) is 5.49. The Morgan fingerprint density at radius 2 is 2.07 bits per heavy atom. The van der Waals surface area contributed by atoms with Crippen molar-refractivity contribution in [1.82, 2.24) is 9.47 Å². The quantitative estimate of drug-likeness (QED) is 0.810. The Balaban J connectivity index is 1.94. The molecule has 0 N–H and O–H groups in total. The molecule has 0 saturated carbocycles. The van der Waals surface area contributed by atoms with E-state index in [0.717, 1.165) is 30.5 Å². The molecule has 82 valence electrons. The molecule has 0 bridgehead atoms. The fraction of sp³-hybridized carbons (Fsp3) is 0.545. The second-order valence-corrected chi connectivity index (χ2v) is 4.71. The SMILES string of the molecule is O=C(Cn1cccc1Br)N1CCCCC1. The van der Waals surface area contributed by atoms with Crippen LogP contribution in [0.25, 0.3) is 0 Å². The van der Waals surface area contributed by atoms with E-state index in [-0.39, 0.29) is 5.91 Å².